The van der Waals surface area contributed by atoms with E-state index in [4.69, 9.17) is 0 Å². The van der Waals surface area contributed by atoms with Crippen molar-refractivity contribution in [2.45, 2.75) is 13.8 Å². The maximum atomic E-state index is 2.46. The fourth-order valence-corrected chi connectivity index (χ4v) is 20.8. The van der Waals surface area contributed by atoms with Crippen LogP contribution in [0.25, 0.3) is 197 Å². The van der Waals surface area contributed by atoms with Crippen LogP contribution in [0.3, 0.4) is 0 Å². The zero-order chi connectivity index (χ0) is 86.3. The zero-order valence-electron chi connectivity index (χ0n) is 72.0. The lowest BCUT2D eigenvalue weighted by Gasteiger charge is -2.29. The maximum Gasteiger partial charge on any atom is 0.0542 e. The highest BCUT2D eigenvalue weighted by Crippen LogP contribution is 2.51. The third-order valence-electron chi connectivity index (χ3n) is 26.7. The number of anilines is 6. The third kappa shape index (κ3) is 13.2. The van der Waals surface area contributed by atoms with Crippen molar-refractivity contribution < 1.29 is 0 Å². The minimum absolute atomic E-state index is 1.09. The summed E-state index contributed by atoms with van der Waals surface area (Å²) in [6.07, 6.45) is 0. The van der Waals surface area contributed by atoms with E-state index in [1.54, 1.807) is 0 Å². The molecule has 0 N–H and O–H groups in total. The van der Waals surface area contributed by atoms with Gasteiger partial charge in [-0.3, -0.25) is 0 Å². The van der Waals surface area contributed by atoms with Gasteiger partial charge < -0.3 is 18.9 Å². The van der Waals surface area contributed by atoms with Crippen molar-refractivity contribution in [1.29, 1.82) is 0 Å². The first-order valence-corrected chi connectivity index (χ1v) is 44.9. The number of hydrogen-bond acceptors (Lipinski definition) is 2. The maximum absolute atomic E-state index is 2.46. The van der Waals surface area contributed by atoms with Crippen LogP contribution in [0.4, 0.5) is 34.1 Å². The molecule has 0 aliphatic rings. The summed E-state index contributed by atoms with van der Waals surface area (Å²) in [7, 11) is 0. The molecule has 0 fully saturated rings. The molecular weight excluding hydrogens is 1570 g/mol. The van der Waals surface area contributed by atoms with Crippen molar-refractivity contribution in [3.05, 3.63) is 496 Å². The van der Waals surface area contributed by atoms with Gasteiger partial charge in [0.1, 0.15) is 0 Å². The molecule has 0 aliphatic carbocycles. The molecule has 2 heterocycles. The van der Waals surface area contributed by atoms with Gasteiger partial charge in [0.25, 0.3) is 0 Å². The molecule has 0 spiro atoms. The summed E-state index contributed by atoms with van der Waals surface area (Å²) in [6, 6.07) is 178. The van der Waals surface area contributed by atoms with E-state index in [2.05, 4.69) is 518 Å². The molecule has 2 aromatic heterocycles. The first-order valence-electron chi connectivity index (χ1n) is 44.9. The highest BCUT2D eigenvalue weighted by Gasteiger charge is 2.26. The second-order valence-electron chi connectivity index (χ2n) is 34.2. The molecule has 0 bridgehead atoms. The van der Waals surface area contributed by atoms with Crippen molar-refractivity contribution in [3.8, 4) is 78.1 Å². The van der Waals surface area contributed by atoms with Gasteiger partial charge >= 0.3 is 0 Å². The van der Waals surface area contributed by atoms with Gasteiger partial charge in [0, 0.05) is 66.7 Å². The number of aryl methyl sites for hydroxylation is 2. The van der Waals surface area contributed by atoms with Crippen molar-refractivity contribution >= 4 is 153 Å². The number of hydrogen-bond donors (Lipinski definition) is 0. The summed E-state index contributed by atoms with van der Waals surface area (Å²) in [5.41, 5.74) is 31.0. The Hall–Kier alpha value is -16.9. The van der Waals surface area contributed by atoms with Crippen LogP contribution in [0, 0.1) is 13.8 Å². The molecule has 0 unspecified atom stereocenters. The molecule has 130 heavy (non-hydrogen) atoms. The van der Waals surface area contributed by atoms with E-state index in [-0.39, 0.29) is 0 Å². The van der Waals surface area contributed by atoms with Crippen LogP contribution in [0.5, 0.6) is 0 Å². The van der Waals surface area contributed by atoms with Gasteiger partial charge in [-0.2, -0.15) is 0 Å². The van der Waals surface area contributed by atoms with Crippen molar-refractivity contribution in [2.24, 2.45) is 0 Å². The number of para-hydroxylation sites is 4. The van der Waals surface area contributed by atoms with Crippen molar-refractivity contribution in [2.75, 3.05) is 9.80 Å². The first-order chi connectivity index (χ1) is 64.3. The van der Waals surface area contributed by atoms with Crippen LogP contribution in [-0.4, -0.2) is 9.13 Å². The van der Waals surface area contributed by atoms with E-state index >= 15 is 0 Å². The van der Waals surface area contributed by atoms with Crippen LogP contribution < -0.4 is 9.80 Å². The molecule has 0 atom stereocenters. The van der Waals surface area contributed by atoms with Gasteiger partial charge in [0.15, 0.2) is 0 Å². The minimum atomic E-state index is 1.09. The van der Waals surface area contributed by atoms with Crippen LogP contribution in [0.15, 0.2) is 485 Å². The summed E-state index contributed by atoms with van der Waals surface area (Å²) < 4.78 is 4.78. The summed E-state index contributed by atoms with van der Waals surface area (Å²) in [6.45, 7) is 4.51. The average molecular weight is 1660 g/mol. The Bertz CT molecular complexity index is 8620. The Morgan fingerprint density at radius 1 is 0.162 bits per heavy atom. The normalized spacial score (nSPS) is 11.6. The minimum Gasteiger partial charge on any atom is -0.310 e. The van der Waals surface area contributed by atoms with Gasteiger partial charge in [-0.15, -0.1) is 0 Å². The fourth-order valence-electron chi connectivity index (χ4n) is 20.8. The van der Waals surface area contributed by atoms with Crippen LogP contribution >= 0.6 is 0 Å². The molecule has 23 aromatic carbocycles. The molecule has 0 radical (unpaired) electrons. The van der Waals surface area contributed by atoms with Gasteiger partial charge in [-0.05, 0) is 289 Å². The Morgan fingerprint density at radius 3 is 0.869 bits per heavy atom. The van der Waals surface area contributed by atoms with E-state index in [1.165, 1.54) is 197 Å². The van der Waals surface area contributed by atoms with E-state index in [9.17, 15) is 0 Å². The van der Waals surface area contributed by atoms with Crippen LogP contribution in [0.1, 0.15) is 11.1 Å². The van der Waals surface area contributed by atoms with E-state index in [0.717, 1.165) is 45.5 Å². The standard InChI is InChI=1S/C64H42N2.C62H44N2/c1-3-18-44(19-4-1)63-55-26-11-13-28-57(55)64(58-29-14-12-27-56(58)63)45-33-35-49(36-34-45)65(50-37-39-62-59(42-50)54-25-15-16-30-60(54)66(62)48-21-5-2-6-22-48)61-40-38-51(52-23-9-10-24-53(52)61)47-32-31-43-17-7-8-20-46(43)41-47;1-41-38-60(42(2)37-56(41)47-30-29-43-17-9-10-20-46(43)39-47)63(50-35-36-59-57(40-50)51-23-15-16-28-58(51)64(59)48-21-7-4-8-22-48)49-33-31-45(32-34-49)62-54-26-13-11-24-52(54)61(44-18-5-3-6-19-44)53-25-12-14-27-55(53)62/h1-42H;3-40H,1-2H3. The molecular formula is C126H86N4. The van der Waals surface area contributed by atoms with Crippen LogP contribution in [-0.2, 0) is 0 Å². The smallest absolute Gasteiger partial charge is 0.0542 e. The van der Waals surface area contributed by atoms with Crippen molar-refractivity contribution in [1.82, 2.24) is 9.13 Å². The Balaban J connectivity index is 0.000000144. The van der Waals surface area contributed by atoms with Gasteiger partial charge in [-0.25, -0.2) is 0 Å². The molecule has 0 saturated carbocycles. The second kappa shape index (κ2) is 32.2. The Morgan fingerprint density at radius 2 is 0.462 bits per heavy atom. The molecule has 25 rings (SSSR count). The molecule has 4 heteroatoms. The number of aromatic nitrogens is 2. The molecule has 4 nitrogen and oxygen atoms in total. The summed E-state index contributed by atoms with van der Waals surface area (Å²) in [5, 5.41) is 22.3. The highest BCUT2D eigenvalue weighted by molar-refractivity contribution is 6.24. The van der Waals surface area contributed by atoms with E-state index in [0.29, 0.717) is 0 Å². The molecule has 25 aromatic rings. The Labute approximate surface area is 755 Å². The second-order valence-corrected chi connectivity index (χ2v) is 34.2. The van der Waals surface area contributed by atoms with Gasteiger partial charge in [0.2, 0.25) is 0 Å². The predicted molar refractivity (Wildman–Crippen MR) is 556 cm³/mol. The molecule has 0 saturated heterocycles. The summed E-state index contributed by atoms with van der Waals surface area (Å²) >= 11 is 0. The number of benzene rings is 23. The molecule has 610 valence electrons. The lowest BCUT2D eigenvalue weighted by molar-refractivity contribution is 1.18. The van der Waals surface area contributed by atoms with Crippen molar-refractivity contribution in [3.63, 3.8) is 0 Å². The lowest BCUT2D eigenvalue weighted by atomic mass is 9.86. The quantitative estimate of drug-likeness (QED) is 0.101. The number of fused-ring (bicyclic) bond motifs is 13. The van der Waals surface area contributed by atoms with Crippen LogP contribution in [0.2, 0.25) is 0 Å². The fraction of sp³-hybridized carbons (Fsp3) is 0.0159. The first kappa shape index (κ1) is 76.7. The number of rotatable bonds is 14. The predicted octanol–water partition coefficient (Wildman–Crippen LogP) is 35.2. The monoisotopic (exact) mass is 1650 g/mol. The highest BCUT2D eigenvalue weighted by atomic mass is 15.2. The molecule has 0 aliphatic heterocycles. The lowest BCUT2D eigenvalue weighted by Crippen LogP contribution is -2.12. The number of nitrogens with zero attached hydrogens (tertiary/aromatic N) is 4. The average Bonchev–Trinajstić information content (AvgIpc) is 1.58. The Kier molecular flexibility index (Phi) is 19.0. The van der Waals surface area contributed by atoms with E-state index in [1.807, 2.05) is 0 Å². The largest absolute Gasteiger partial charge is 0.310 e. The topological polar surface area (TPSA) is 16.3 Å². The third-order valence-corrected chi connectivity index (χ3v) is 26.7. The SMILES string of the molecule is Cc1cc(N(c2ccc(-c3c4ccccc4c(-c4ccccc4)c4ccccc34)cc2)c2ccc3c(c2)c2ccccc2n3-c2ccccc2)c(C)cc1-c1ccc2ccccc2c1.c1ccc(-c2c3ccccc3c(-c3ccc(N(c4ccc5c(c4)c4ccccc4n5-c4ccccc4)c4ccc(-c5ccc6ccccc6c5)c5ccccc45)cc3)c3ccccc23)cc1. The summed E-state index contributed by atoms with van der Waals surface area (Å²) in [5.74, 6) is 0. The van der Waals surface area contributed by atoms with Gasteiger partial charge in [-0.1, -0.05) is 358 Å². The zero-order valence-corrected chi connectivity index (χ0v) is 72.0. The van der Waals surface area contributed by atoms with Gasteiger partial charge in [0.05, 0.1) is 27.8 Å². The summed E-state index contributed by atoms with van der Waals surface area (Å²) in [4.78, 5) is 4.91. The molecule has 0 amide bonds. The van der Waals surface area contributed by atoms with E-state index < -0.39 is 0 Å².